The van der Waals surface area contributed by atoms with Crippen LogP contribution in [0.15, 0.2) is 0 Å². The molecule has 6 heteroatoms. The summed E-state index contributed by atoms with van der Waals surface area (Å²) < 4.78 is 23.6. The lowest BCUT2D eigenvalue weighted by molar-refractivity contribution is 0.131. The second-order valence-electron chi connectivity index (χ2n) is 8.40. The molecule has 4 bridgehead atoms. The van der Waals surface area contributed by atoms with E-state index in [0.29, 0.717) is 24.8 Å². The van der Waals surface area contributed by atoms with Crippen LogP contribution in [-0.2, 0) is 9.84 Å². The molecule has 2 heterocycles. The molecule has 2 atom stereocenters. The van der Waals surface area contributed by atoms with Crippen LogP contribution in [0, 0.1) is 17.8 Å². The average molecular weight is 357 g/mol. The van der Waals surface area contributed by atoms with Gasteiger partial charge in [-0.05, 0) is 62.7 Å². The fourth-order valence-electron chi connectivity index (χ4n) is 5.53. The van der Waals surface area contributed by atoms with E-state index in [4.69, 9.17) is 0 Å². The van der Waals surface area contributed by atoms with E-state index >= 15 is 0 Å². The minimum atomic E-state index is -3.21. The zero-order valence-corrected chi connectivity index (χ0v) is 16.1. The summed E-state index contributed by atoms with van der Waals surface area (Å²) in [5.41, 5.74) is 0. The van der Waals surface area contributed by atoms with Gasteiger partial charge in [-0.2, -0.15) is 0 Å². The van der Waals surface area contributed by atoms with Crippen molar-refractivity contribution in [2.75, 3.05) is 19.3 Å². The first kappa shape index (κ1) is 18.0. The smallest absolute Gasteiger partial charge is 0.317 e. The van der Waals surface area contributed by atoms with Gasteiger partial charge in [-0.25, -0.2) is 13.2 Å². The Morgan fingerprint density at radius 2 is 1.58 bits per heavy atom. The van der Waals surface area contributed by atoms with Crippen LogP contribution in [-0.4, -0.2) is 49.5 Å². The summed E-state index contributed by atoms with van der Waals surface area (Å²) in [6, 6.07) is 0.306. The van der Waals surface area contributed by atoms with Crippen LogP contribution in [0.2, 0.25) is 0 Å². The summed E-state index contributed by atoms with van der Waals surface area (Å²) in [6.45, 7) is 4.86. The average Bonchev–Trinajstić information content (AvgIpc) is 2.71. The summed E-state index contributed by atoms with van der Waals surface area (Å²) in [7, 11) is -3.21. The highest BCUT2D eigenvalue weighted by Gasteiger charge is 2.45. The topological polar surface area (TPSA) is 66.5 Å². The van der Waals surface area contributed by atoms with Crippen LogP contribution in [0.4, 0.5) is 4.79 Å². The summed E-state index contributed by atoms with van der Waals surface area (Å²) >= 11 is 0. The second-order valence-corrected chi connectivity index (χ2v) is 10.8. The number of hydrogen-bond donors (Lipinski definition) is 1. The lowest BCUT2D eigenvalue weighted by Gasteiger charge is -2.39. The highest BCUT2D eigenvalue weighted by atomic mass is 32.2. The summed E-state index contributed by atoms with van der Waals surface area (Å²) in [5, 5.41) is 2.98. The molecule has 138 valence electrons. The predicted molar refractivity (Wildman–Crippen MR) is 95.6 cm³/mol. The van der Waals surface area contributed by atoms with E-state index in [2.05, 4.69) is 5.32 Å². The molecule has 2 unspecified atom stereocenters. The zero-order valence-electron chi connectivity index (χ0n) is 15.3. The number of carbonyl (C=O) groups excluding carboxylic acids is 1. The Bertz CT molecular complexity index is 571. The molecule has 2 aliphatic heterocycles. The van der Waals surface area contributed by atoms with E-state index in [1.54, 1.807) is 0 Å². The van der Waals surface area contributed by atoms with E-state index in [9.17, 15) is 13.2 Å². The molecule has 0 radical (unpaired) electrons. The number of urea groups is 1. The Morgan fingerprint density at radius 1 is 1.04 bits per heavy atom. The van der Waals surface area contributed by atoms with E-state index in [1.807, 2.05) is 18.7 Å². The monoisotopic (exact) mass is 356 g/mol. The molecule has 5 nitrogen and oxygen atoms in total. The van der Waals surface area contributed by atoms with Gasteiger partial charge >= 0.3 is 6.03 Å². The van der Waals surface area contributed by atoms with Crippen molar-refractivity contribution in [2.45, 2.75) is 69.6 Å². The van der Waals surface area contributed by atoms with Gasteiger partial charge in [-0.1, -0.05) is 13.8 Å². The lowest BCUT2D eigenvalue weighted by atomic mass is 9.68. The molecule has 2 saturated carbocycles. The molecule has 2 saturated heterocycles. The van der Waals surface area contributed by atoms with Gasteiger partial charge in [0.05, 0.1) is 4.75 Å². The molecule has 24 heavy (non-hydrogen) atoms. The van der Waals surface area contributed by atoms with Crippen molar-refractivity contribution >= 4 is 15.9 Å². The minimum Gasteiger partial charge on any atom is -0.336 e. The number of fused-ring (bicyclic) bond motifs is 1. The maximum absolute atomic E-state index is 12.8. The van der Waals surface area contributed by atoms with Crippen molar-refractivity contribution in [3.8, 4) is 0 Å². The standard InChI is InChI=1S/C18H32N2O3S/c1-4-18(5-2,24(3,22)23)12-19-17(21)20-11-15-7-13-6-14(8-15)10-16(20)9-13/h13-16H,4-12H2,1-3H3,(H,19,21). The van der Waals surface area contributed by atoms with Gasteiger partial charge in [0.2, 0.25) is 0 Å². The maximum Gasteiger partial charge on any atom is 0.317 e. The van der Waals surface area contributed by atoms with Crippen LogP contribution in [0.25, 0.3) is 0 Å². The van der Waals surface area contributed by atoms with Crippen molar-refractivity contribution < 1.29 is 13.2 Å². The van der Waals surface area contributed by atoms with E-state index < -0.39 is 14.6 Å². The molecule has 2 aliphatic carbocycles. The fraction of sp³-hybridized carbons (Fsp3) is 0.944. The SMILES string of the molecule is CCC(CC)(CNC(=O)N1CC2CC3CC(C2)CC1C3)S(C)(=O)=O. The van der Waals surface area contributed by atoms with E-state index in [0.717, 1.165) is 31.2 Å². The highest BCUT2D eigenvalue weighted by Crippen LogP contribution is 2.47. The Hall–Kier alpha value is -0.780. The van der Waals surface area contributed by atoms with Crippen molar-refractivity contribution in [1.82, 2.24) is 10.2 Å². The van der Waals surface area contributed by atoms with Crippen molar-refractivity contribution in [1.29, 1.82) is 0 Å². The van der Waals surface area contributed by atoms with Crippen molar-refractivity contribution in [2.24, 2.45) is 17.8 Å². The number of nitrogens with zero attached hydrogens (tertiary/aromatic N) is 1. The van der Waals surface area contributed by atoms with Gasteiger partial charge in [-0.15, -0.1) is 0 Å². The molecule has 2 amide bonds. The number of carbonyl (C=O) groups is 1. The van der Waals surface area contributed by atoms with Crippen LogP contribution >= 0.6 is 0 Å². The first-order valence-electron chi connectivity index (χ1n) is 9.52. The van der Waals surface area contributed by atoms with Gasteiger partial charge in [0.1, 0.15) is 0 Å². The van der Waals surface area contributed by atoms with Gasteiger partial charge in [0.15, 0.2) is 9.84 Å². The Balaban J connectivity index is 1.69. The molecule has 1 N–H and O–H groups in total. The second kappa shape index (κ2) is 6.50. The van der Waals surface area contributed by atoms with Gasteiger partial charge in [-0.3, -0.25) is 0 Å². The first-order chi connectivity index (χ1) is 11.3. The maximum atomic E-state index is 12.8. The normalized spacial score (nSPS) is 32.7. The molecule has 4 rings (SSSR count). The summed E-state index contributed by atoms with van der Waals surface area (Å²) in [5.74, 6) is 2.24. The largest absolute Gasteiger partial charge is 0.336 e. The van der Waals surface area contributed by atoms with Crippen LogP contribution in [0.3, 0.4) is 0 Å². The Labute approximate surface area is 146 Å². The quantitative estimate of drug-likeness (QED) is 0.824. The van der Waals surface area contributed by atoms with Gasteiger partial charge < -0.3 is 10.2 Å². The van der Waals surface area contributed by atoms with E-state index in [1.165, 1.54) is 25.5 Å². The third-order valence-electron chi connectivity index (χ3n) is 7.00. The first-order valence-corrected chi connectivity index (χ1v) is 11.4. The van der Waals surface area contributed by atoms with Gasteiger partial charge in [0.25, 0.3) is 0 Å². The van der Waals surface area contributed by atoms with Crippen LogP contribution in [0.1, 0.15) is 58.8 Å². The highest BCUT2D eigenvalue weighted by molar-refractivity contribution is 7.92. The minimum absolute atomic E-state index is 0.0527. The number of nitrogens with one attached hydrogen (secondary N) is 1. The molecule has 0 spiro atoms. The third kappa shape index (κ3) is 3.18. The van der Waals surface area contributed by atoms with Crippen LogP contribution in [0.5, 0.6) is 0 Å². The molecule has 0 aromatic rings. The number of rotatable bonds is 5. The van der Waals surface area contributed by atoms with E-state index in [-0.39, 0.29) is 12.6 Å². The number of hydrogen-bond acceptors (Lipinski definition) is 3. The molecule has 0 aromatic carbocycles. The summed E-state index contributed by atoms with van der Waals surface area (Å²) in [6.07, 6.45) is 8.52. The van der Waals surface area contributed by atoms with Gasteiger partial charge in [0, 0.05) is 25.4 Å². The molecular weight excluding hydrogens is 324 g/mol. The Morgan fingerprint density at radius 3 is 2.08 bits per heavy atom. The van der Waals surface area contributed by atoms with Crippen molar-refractivity contribution in [3.63, 3.8) is 0 Å². The molecule has 0 aromatic heterocycles. The third-order valence-corrected chi connectivity index (χ3v) is 9.30. The number of sulfone groups is 1. The molecule has 4 fully saturated rings. The number of amides is 2. The lowest BCUT2D eigenvalue weighted by Crippen LogP contribution is -2.53. The Kier molecular flexibility index (Phi) is 4.89. The van der Waals surface area contributed by atoms with Crippen molar-refractivity contribution in [3.05, 3.63) is 0 Å². The predicted octanol–water partition coefficient (Wildman–Crippen LogP) is 2.81. The fourth-order valence-corrected chi connectivity index (χ4v) is 6.91. The molecular formula is C18H32N2O3S. The molecule has 4 aliphatic rings. The summed E-state index contributed by atoms with van der Waals surface area (Å²) in [4.78, 5) is 14.9. The zero-order chi connectivity index (χ0) is 17.5. The van der Waals surface area contributed by atoms with Crippen LogP contribution < -0.4 is 5.32 Å².